The number of furan rings is 1. The van der Waals surface area contributed by atoms with E-state index in [0.717, 1.165) is 11.1 Å². The number of ether oxygens (including phenoxy) is 2. The normalized spacial score (nSPS) is 16.5. The summed E-state index contributed by atoms with van der Waals surface area (Å²) in [5.41, 5.74) is 2.93. The Labute approximate surface area is 225 Å². The maximum absolute atomic E-state index is 13.3. The van der Waals surface area contributed by atoms with Crippen molar-refractivity contribution >= 4 is 17.4 Å². The van der Waals surface area contributed by atoms with Crippen LogP contribution in [0.5, 0.6) is 17.2 Å². The van der Waals surface area contributed by atoms with Crippen LogP contribution in [0.2, 0.25) is 0 Å². The maximum atomic E-state index is 13.3. The molecule has 1 amide bonds. The van der Waals surface area contributed by atoms with Crippen molar-refractivity contribution in [3.05, 3.63) is 119 Å². The first-order chi connectivity index (χ1) is 18.9. The third kappa shape index (κ3) is 5.22. The number of phenolic OH excluding ortho intramolecular Hbond substituents is 1. The highest BCUT2D eigenvalue weighted by atomic mass is 16.5. The summed E-state index contributed by atoms with van der Waals surface area (Å²) in [5, 5.41) is 21.4. The lowest BCUT2D eigenvalue weighted by atomic mass is 9.95. The number of phenols is 1. The monoisotopic (exact) mass is 525 g/mol. The molecule has 0 radical (unpaired) electrons. The number of hydrogen-bond acceptors (Lipinski definition) is 7. The third-order valence-electron chi connectivity index (χ3n) is 6.58. The molecule has 2 N–H and O–H groups in total. The lowest BCUT2D eigenvalue weighted by molar-refractivity contribution is -0.140. The summed E-state index contributed by atoms with van der Waals surface area (Å²) in [6.07, 6.45) is 1.48. The van der Waals surface area contributed by atoms with Crippen LogP contribution >= 0.6 is 0 Å². The van der Waals surface area contributed by atoms with Crippen LogP contribution in [0.15, 0.2) is 95.1 Å². The van der Waals surface area contributed by atoms with Gasteiger partial charge >= 0.3 is 0 Å². The van der Waals surface area contributed by atoms with Gasteiger partial charge in [-0.15, -0.1) is 0 Å². The first kappa shape index (κ1) is 25.7. The second-order valence-electron chi connectivity index (χ2n) is 9.24. The fourth-order valence-corrected chi connectivity index (χ4v) is 4.66. The lowest BCUT2D eigenvalue weighted by Gasteiger charge is -2.25. The van der Waals surface area contributed by atoms with Gasteiger partial charge in [-0.3, -0.25) is 9.59 Å². The van der Waals surface area contributed by atoms with Gasteiger partial charge in [-0.25, -0.2) is 0 Å². The molecule has 0 saturated carbocycles. The zero-order valence-electron chi connectivity index (χ0n) is 21.5. The zero-order chi connectivity index (χ0) is 27.5. The Kier molecular flexibility index (Phi) is 7.10. The average molecular weight is 526 g/mol. The van der Waals surface area contributed by atoms with Gasteiger partial charge in [0.05, 0.1) is 31.5 Å². The van der Waals surface area contributed by atoms with Crippen LogP contribution in [0.1, 0.15) is 34.1 Å². The third-order valence-corrected chi connectivity index (χ3v) is 6.58. The SMILES string of the molecule is COc1cc(C2C(=C(O)c3ccc(OCc4cccc(C)c4)cc3)C(=O)C(=O)N2Cc2ccco2)ccc1O. The topological polar surface area (TPSA) is 109 Å². The van der Waals surface area contributed by atoms with Crippen molar-refractivity contribution in [2.45, 2.75) is 26.1 Å². The van der Waals surface area contributed by atoms with Gasteiger partial charge < -0.3 is 29.0 Å². The number of amides is 1. The standard InChI is InChI=1S/C31H27NO7/c1-19-5-3-6-20(15-19)18-39-23-11-8-21(9-12-23)29(34)27-28(22-10-13-25(33)26(16-22)37-2)32(31(36)30(27)35)17-24-7-4-14-38-24/h3-16,28,33-34H,17-18H2,1-2H3. The largest absolute Gasteiger partial charge is 0.507 e. The van der Waals surface area contributed by atoms with Crippen molar-refractivity contribution in [1.29, 1.82) is 0 Å². The molecule has 4 aromatic rings. The number of hydrogen-bond donors (Lipinski definition) is 2. The summed E-state index contributed by atoms with van der Waals surface area (Å²) in [6.45, 7) is 2.41. The molecule has 1 aliphatic heterocycles. The summed E-state index contributed by atoms with van der Waals surface area (Å²) >= 11 is 0. The van der Waals surface area contributed by atoms with Gasteiger partial charge in [0.15, 0.2) is 11.5 Å². The number of aromatic hydroxyl groups is 1. The van der Waals surface area contributed by atoms with Crippen LogP contribution in [0.3, 0.4) is 0 Å². The van der Waals surface area contributed by atoms with Crippen LogP contribution in [0.25, 0.3) is 5.76 Å². The van der Waals surface area contributed by atoms with Gasteiger partial charge in [-0.2, -0.15) is 0 Å². The maximum Gasteiger partial charge on any atom is 0.296 e. The van der Waals surface area contributed by atoms with E-state index in [1.54, 1.807) is 42.5 Å². The Bertz CT molecular complexity index is 1540. The predicted octanol–water partition coefficient (Wildman–Crippen LogP) is 5.50. The minimum Gasteiger partial charge on any atom is -0.507 e. The minimum absolute atomic E-state index is 0.00789. The summed E-state index contributed by atoms with van der Waals surface area (Å²) in [4.78, 5) is 27.8. The quantitative estimate of drug-likeness (QED) is 0.178. The Morgan fingerprint density at radius 2 is 1.79 bits per heavy atom. The van der Waals surface area contributed by atoms with Gasteiger partial charge in [-0.05, 0) is 66.6 Å². The highest BCUT2D eigenvalue weighted by Crippen LogP contribution is 2.42. The number of benzene rings is 3. The molecular formula is C31H27NO7. The molecule has 1 atom stereocenters. The molecular weight excluding hydrogens is 498 g/mol. The van der Waals surface area contributed by atoms with Gasteiger partial charge in [0, 0.05) is 5.56 Å². The van der Waals surface area contributed by atoms with Crippen molar-refractivity contribution < 1.29 is 33.7 Å². The van der Waals surface area contributed by atoms with E-state index in [1.165, 1.54) is 30.4 Å². The first-order valence-corrected chi connectivity index (χ1v) is 12.3. The number of likely N-dealkylation sites (tertiary alicyclic amines) is 1. The Hall–Kier alpha value is -4.98. The lowest BCUT2D eigenvalue weighted by Crippen LogP contribution is -2.29. The molecule has 1 aliphatic rings. The fourth-order valence-electron chi connectivity index (χ4n) is 4.66. The van der Waals surface area contributed by atoms with Crippen LogP contribution in [-0.2, 0) is 22.7 Å². The van der Waals surface area contributed by atoms with Crippen molar-refractivity contribution in [2.75, 3.05) is 7.11 Å². The van der Waals surface area contributed by atoms with Crippen molar-refractivity contribution in [3.63, 3.8) is 0 Å². The number of Topliss-reactive ketones (excluding diaryl/α,β-unsaturated/α-hetero) is 1. The zero-order valence-corrected chi connectivity index (χ0v) is 21.5. The molecule has 5 rings (SSSR count). The summed E-state index contributed by atoms with van der Waals surface area (Å²) < 4.78 is 16.5. The minimum atomic E-state index is -0.943. The Balaban J connectivity index is 1.49. The number of ketones is 1. The van der Waals surface area contributed by atoms with Gasteiger partial charge in [0.1, 0.15) is 23.9 Å². The highest BCUT2D eigenvalue weighted by Gasteiger charge is 2.46. The van der Waals surface area contributed by atoms with Crippen molar-refractivity contribution in [2.24, 2.45) is 0 Å². The number of aliphatic hydroxyl groups excluding tert-OH is 1. The number of rotatable bonds is 8. The van der Waals surface area contributed by atoms with Crippen LogP contribution in [0.4, 0.5) is 0 Å². The Morgan fingerprint density at radius 1 is 1.00 bits per heavy atom. The van der Waals surface area contributed by atoms with Crippen LogP contribution in [-0.4, -0.2) is 33.9 Å². The summed E-state index contributed by atoms with van der Waals surface area (Å²) in [6, 6.07) is 21.6. The molecule has 3 aromatic carbocycles. The molecule has 198 valence electrons. The molecule has 2 heterocycles. The average Bonchev–Trinajstić information content (AvgIpc) is 3.55. The van der Waals surface area contributed by atoms with Gasteiger partial charge in [0.25, 0.3) is 11.7 Å². The number of aryl methyl sites for hydroxylation is 1. The van der Waals surface area contributed by atoms with Crippen LogP contribution in [0, 0.1) is 6.92 Å². The van der Waals surface area contributed by atoms with Gasteiger partial charge in [0.2, 0.25) is 0 Å². The molecule has 1 fully saturated rings. The van der Waals surface area contributed by atoms with E-state index in [9.17, 15) is 19.8 Å². The van der Waals surface area contributed by atoms with Gasteiger partial charge in [-0.1, -0.05) is 35.9 Å². The smallest absolute Gasteiger partial charge is 0.296 e. The molecule has 1 saturated heterocycles. The van der Waals surface area contributed by atoms with Crippen LogP contribution < -0.4 is 9.47 Å². The van der Waals surface area contributed by atoms with E-state index in [4.69, 9.17) is 13.9 Å². The summed E-state index contributed by atoms with van der Waals surface area (Å²) in [5.74, 6) is -0.776. The van der Waals surface area contributed by atoms with E-state index in [0.29, 0.717) is 29.2 Å². The van der Waals surface area contributed by atoms with E-state index < -0.39 is 17.7 Å². The molecule has 1 unspecified atom stereocenters. The number of carbonyl (C=O) groups excluding carboxylic acids is 2. The molecule has 8 nitrogen and oxygen atoms in total. The van der Waals surface area contributed by atoms with Crippen molar-refractivity contribution in [3.8, 4) is 17.2 Å². The fraction of sp³-hybridized carbons (Fsp3) is 0.161. The molecule has 39 heavy (non-hydrogen) atoms. The molecule has 1 aromatic heterocycles. The van der Waals surface area contributed by atoms with E-state index in [1.807, 2.05) is 31.2 Å². The number of methoxy groups -OCH3 is 1. The molecule has 0 spiro atoms. The summed E-state index contributed by atoms with van der Waals surface area (Å²) in [7, 11) is 1.40. The first-order valence-electron chi connectivity index (χ1n) is 12.3. The molecule has 8 heteroatoms. The second-order valence-corrected chi connectivity index (χ2v) is 9.24. The number of aliphatic hydroxyl groups is 1. The van der Waals surface area contributed by atoms with E-state index in [2.05, 4.69) is 0 Å². The number of carbonyl (C=O) groups is 2. The Morgan fingerprint density at radius 3 is 2.49 bits per heavy atom. The predicted molar refractivity (Wildman–Crippen MR) is 143 cm³/mol. The van der Waals surface area contributed by atoms with E-state index in [-0.39, 0.29) is 29.4 Å². The molecule has 0 aliphatic carbocycles. The highest BCUT2D eigenvalue weighted by molar-refractivity contribution is 6.46. The van der Waals surface area contributed by atoms with E-state index >= 15 is 0 Å². The second kappa shape index (κ2) is 10.8. The molecule has 0 bridgehead atoms. The number of nitrogens with zero attached hydrogens (tertiary/aromatic N) is 1. The van der Waals surface area contributed by atoms with Crippen molar-refractivity contribution in [1.82, 2.24) is 4.90 Å².